The molecular formula is C10H12Cl2N2O. The first-order valence-corrected chi connectivity index (χ1v) is 5.31. The SMILES string of the molecule is CCN(C)C(=O)c1cc(Cl)c(Cl)nc1C. The molecule has 0 N–H and O–H groups in total. The van der Waals surface area contributed by atoms with Gasteiger partial charge in [0.25, 0.3) is 5.91 Å². The third kappa shape index (κ3) is 2.61. The highest BCUT2D eigenvalue weighted by Gasteiger charge is 2.15. The smallest absolute Gasteiger partial charge is 0.255 e. The number of hydrogen-bond donors (Lipinski definition) is 0. The predicted molar refractivity (Wildman–Crippen MR) is 61.6 cm³/mol. The van der Waals surface area contributed by atoms with Crippen LogP contribution in [0.3, 0.4) is 0 Å². The van der Waals surface area contributed by atoms with Gasteiger partial charge >= 0.3 is 0 Å². The van der Waals surface area contributed by atoms with Crippen molar-refractivity contribution in [2.45, 2.75) is 13.8 Å². The standard InChI is InChI=1S/C10H12Cl2N2O/c1-4-14(3)10(15)7-5-8(11)9(12)13-6(7)2/h5H,4H2,1-3H3. The average molecular weight is 247 g/mol. The Morgan fingerprint density at radius 2 is 2.13 bits per heavy atom. The van der Waals surface area contributed by atoms with Gasteiger partial charge in [-0.1, -0.05) is 23.2 Å². The minimum absolute atomic E-state index is 0.0962. The van der Waals surface area contributed by atoms with Gasteiger partial charge in [0.1, 0.15) is 5.15 Å². The van der Waals surface area contributed by atoms with Crippen molar-refractivity contribution in [2.75, 3.05) is 13.6 Å². The van der Waals surface area contributed by atoms with Crippen LogP contribution in [0.15, 0.2) is 6.07 Å². The lowest BCUT2D eigenvalue weighted by molar-refractivity contribution is 0.0801. The van der Waals surface area contributed by atoms with E-state index in [4.69, 9.17) is 23.2 Å². The maximum atomic E-state index is 11.8. The first-order valence-electron chi connectivity index (χ1n) is 4.55. The predicted octanol–water partition coefficient (Wildman–Crippen LogP) is 2.79. The van der Waals surface area contributed by atoms with Crippen molar-refractivity contribution in [3.05, 3.63) is 27.5 Å². The van der Waals surface area contributed by atoms with Crippen LogP contribution in [0, 0.1) is 6.92 Å². The van der Waals surface area contributed by atoms with Gasteiger partial charge in [-0.15, -0.1) is 0 Å². The fraction of sp³-hybridized carbons (Fsp3) is 0.400. The van der Waals surface area contributed by atoms with E-state index in [9.17, 15) is 4.79 Å². The van der Waals surface area contributed by atoms with Crippen molar-refractivity contribution < 1.29 is 4.79 Å². The molecule has 0 unspecified atom stereocenters. The van der Waals surface area contributed by atoms with Gasteiger partial charge in [0, 0.05) is 13.6 Å². The summed E-state index contributed by atoms with van der Waals surface area (Å²) < 4.78 is 0. The second kappa shape index (κ2) is 4.81. The highest BCUT2D eigenvalue weighted by Crippen LogP contribution is 2.22. The molecule has 0 aromatic carbocycles. The molecule has 1 amide bonds. The molecule has 0 fully saturated rings. The fourth-order valence-corrected chi connectivity index (χ4v) is 1.45. The highest BCUT2D eigenvalue weighted by molar-refractivity contribution is 6.41. The highest BCUT2D eigenvalue weighted by atomic mass is 35.5. The minimum Gasteiger partial charge on any atom is -0.342 e. The van der Waals surface area contributed by atoms with E-state index in [0.717, 1.165) is 0 Å². The maximum absolute atomic E-state index is 11.8. The van der Waals surface area contributed by atoms with Crippen LogP contribution in [0.25, 0.3) is 0 Å². The van der Waals surface area contributed by atoms with E-state index in [2.05, 4.69) is 4.98 Å². The number of pyridine rings is 1. The number of aryl methyl sites for hydroxylation is 1. The molecule has 0 saturated carbocycles. The molecule has 0 aliphatic heterocycles. The van der Waals surface area contributed by atoms with Gasteiger partial charge < -0.3 is 4.90 Å². The molecule has 0 saturated heterocycles. The molecule has 0 radical (unpaired) electrons. The molecule has 1 heterocycles. The third-order valence-electron chi connectivity index (χ3n) is 2.18. The van der Waals surface area contributed by atoms with E-state index in [-0.39, 0.29) is 11.1 Å². The van der Waals surface area contributed by atoms with Crippen LogP contribution in [-0.4, -0.2) is 29.4 Å². The Morgan fingerprint density at radius 1 is 1.53 bits per heavy atom. The molecule has 0 atom stereocenters. The molecule has 0 aliphatic carbocycles. The summed E-state index contributed by atoms with van der Waals surface area (Å²) in [5, 5.41) is 0.528. The van der Waals surface area contributed by atoms with Crippen LogP contribution in [0.1, 0.15) is 23.0 Å². The lowest BCUT2D eigenvalue weighted by Gasteiger charge is -2.15. The molecule has 5 heteroatoms. The molecule has 0 aliphatic rings. The van der Waals surface area contributed by atoms with E-state index < -0.39 is 0 Å². The summed E-state index contributed by atoms with van der Waals surface area (Å²) in [5.41, 5.74) is 1.09. The molecule has 0 bridgehead atoms. The quantitative estimate of drug-likeness (QED) is 0.753. The Kier molecular flexibility index (Phi) is 3.94. The Bertz CT molecular complexity index is 393. The largest absolute Gasteiger partial charge is 0.342 e. The summed E-state index contributed by atoms with van der Waals surface area (Å²) in [6.07, 6.45) is 0. The van der Waals surface area contributed by atoms with Gasteiger partial charge in [-0.2, -0.15) is 0 Å². The van der Waals surface area contributed by atoms with Gasteiger partial charge in [-0.3, -0.25) is 4.79 Å². The topological polar surface area (TPSA) is 33.2 Å². The molecule has 1 aromatic rings. The summed E-state index contributed by atoms with van der Waals surface area (Å²) in [6.45, 7) is 4.27. The second-order valence-electron chi connectivity index (χ2n) is 3.21. The molecule has 1 aromatic heterocycles. The van der Waals surface area contributed by atoms with Gasteiger partial charge in [0.15, 0.2) is 0 Å². The average Bonchev–Trinajstić information content (AvgIpc) is 2.21. The van der Waals surface area contributed by atoms with E-state index in [1.54, 1.807) is 24.9 Å². The number of halogens is 2. The summed E-state index contributed by atoms with van der Waals surface area (Å²) in [7, 11) is 1.73. The van der Waals surface area contributed by atoms with Crippen LogP contribution >= 0.6 is 23.2 Å². The first kappa shape index (κ1) is 12.3. The number of amides is 1. The number of nitrogens with zero attached hydrogens (tertiary/aromatic N) is 2. The van der Waals surface area contributed by atoms with Crippen LogP contribution in [0.2, 0.25) is 10.2 Å². The maximum Gasteiger partial charge on any atom is 0.255 e. The van der Waals surface area contributed by atoms with Crippen molar-refractivity contribution in [1.82, 2.24) is 9.88 Å². The molecule has 82 valence electrons. The molecule has 15 heavy (non-hydrogen) atoms. The number of carbonyl (C=O) groups excluding carboxylic acids is 1. The van der Waals surface area contributed by atoms with Crippen molar-refractivity contribution in [2.24, 2.45) is 0 Å². The van der Waals surface area contributed by atoms with Crippen LogP contribution in [-0.2, 0) is 0 Å². The van der Waals surface area contributed by atoms with Gasteiger partial charge in [0.2, 0.25) is 0 Å². The minimum atomic E-state index is -0.0962. The van der Waals surface area contributed by atoms with Crippen LogP contribution < -0.4 is 0 Å². The van der Waals surface area contributed by atoms with Gasteiger partial charge in [0.05, 0.1) is 16.3 Å². The molecule has 3 nitrogen and oxygen atoms in total. The Labute approximate surface area is 99.0 Å². The zero-order valence-corrected chi connectivity index (χ0v) is 10.4. The lowest BCUT2D eigenvalue weighted by atomic mass is 10.2. The summed E-state index contributed by atoms with van der Waals surface area (Å²) in [4.78, 5) is 17.4. The van der Waals surface area contributed by atoms with Crippen molar-refractivity contribution in [3.63, 3.8) is 0 Å². The third-order valence-corrected chi connectivity index (χ3v) is 2.85. The van der Waals surface area contributed by atoms with E-state index in [1.807, 2.05) is 6.92 Å². The number of rotatable bonds is 2. The number of carbonyl (C=O) groups is 1. The van der Waals surface area contributed by atoms with Crippen molar-refractivity contribution in [3.8, 4) is 0 Å². The Morgan fingerprint density at radius 3 is 2.67 bits per heavy atom. The van der Waals surface area contributed by atoms with E-state index >= 15 is 0 Å². The van der Waals surface area contributed by atoms with Crippen molar-refractivity contribution in [1.29, 1.82) is 0 Å². The fourth-order valence-electron chi connectivity index (χ4n) is 1.12. The second-order valence-corrected chi connectivity index (χ2v) is 3.98. The lowest BCUT2D eigenvalue weighted by Crippen LogP contribution is -2.27. The normalized spacial score (nSPS) is 10.2. The van der Waals surface area contributed by atoms with Crippen LogP contribution in [0.5, 0.6) is 0 Å². The van der Waals surface area contributed by atoms with Crippen molar-refractivity contribution >= 4 is 29.1 Å². The number of aromatic nitrogens is 1. The summed E-state index contributed by atoms with van der Waals surface area (Å²) in [5.74, 6) is -0.0962. The molecule has 0 spiro atoms. The van der Waals surface area contributed by atoms with Crippen LogP contribution in [0.4, 0.5) is 0 Å². The Hall–Kier alpha value is -0.800. The molecule has 1 rings (SSSR count). The summed E-state index contributed by atoms with van der Waals surface area (Å²) >= 11 is 11.5. The number of hydrogen-bond acceptors (Lipinski definition) is 2. The zero-order valence-electron chi connectivity index (χ0n) is 8.84. The van der Waals surface area contributed by atoms with Gasteiger partial charge in [-0.25, -0.2) is 4.98 Å². The van der Waals surface area contributed by atoms with E-state index in [0.29, 0.717) is 22.8 Å². The molecular weight excluding hydrogens is 235 g/mol. The van der Waals surface area contributed by atoms with E-state index in [1.165, 1.54) is 0 Å². The van der Waals surface area contributed by atoms with Gasteiger partial charge in [-0.05, 0) is 19.9 Å². The first-order chi connectivity index (χ1) is 6.97. The zero-order chi connectivity index (χ0) is 11.6. The summed E-state index contributed by atoms with van der Waals surface area (Å²) in [6, 6.07) is 1.56. The Balaban J connectivity index is 3.15. The monoisotopic (exact) mass is 246 g/mol.